The van der Waals surface area contributed by atoms with Gasteiger partial charge in [-0.1, -0.05) is 19.1 Å². The summed E-state index contributed by atoms with van der Waals surface area (Å²) < 4.78 is 6.38. The van der Waals surface area contributed by atoms with Crippen molar-refractivity contribution in [3.63, 3.8) is 0 Å². The molecule has 9 heteroatoms. The third-order valence-corrected chi connectivity index (χ3v) is 6.40. The van der Waals surface area contributed by atoms with Crippen molar-refractivity contribution in [2.75, 3.05) is 26.7 Å². The topological polar surface area (TPSA) is 115 Å². The van der Waals surface area contributed by atoms with Crippen LogP contribution in [-0.2, 0) is 6.54 Å². The monoisotopic (exact) mass is 486 g/mol. The SMILES string of the molecule is C[C@H](CO)N1C[C@H](C)[C@@H](CN(C)Cc2cncnc2)Oc2ncc(-c3cccc(C#N)c3)cc2C1=O. The number of rotatable bonds is 7. The van der Waals surface area contributed by atoms with E-state index in [0.29, 0.717) is 36.3 Å². The fraction of sp³-hybridized carbons (Fsp3) is 0.370. The van der Waals surface area contributed by atoms with Crippen LogP contribution in [0.3, 0.4) is 0 Å². The molecule has 0 aliphatic carbocycles. The molecular weight excluding hydrogens is 456 g/mol. The van der Waals surface area contributed by atoms with Gasteiger partial charge in [-0.05, 0) is 37.7 Å². The molecule has 0 saturated carbocycles. The van der Waals surface area contributed by atoms with Crippen molar-refractivity contribution in [3.05, 3.63) is 71.9 Å². The molecule has 0 fully saturated rings. The van der Waals surface area contributed by atoms with Gasteiger partial charge in [0.1, 0.15) is 18.0 Å². The first kappa shape index (κ1) is 25.2. The summed E-state index contributed by atoms with van der Waals surface area (Å²) in [6.07, 6.45) is 6.49. The Kier molecular flexibility index (Phi) is 7.88. The maximum absolute atomic E-state index is 13.6. The number of likely N-dealkylation sites (N-methyl/N-ethyl adjacent to an activating group) is 1. The van der Waals surface area contributed by atoms with E-state index in [0.717, 1.165) is 11.1 Å². The molecule has 3 atom stereocenters. The number of hydrogen-bond acceptors (Lipinski definition) is 8. The number of pyridine rings is 1. The lowest BCUT2D eigenvalue weighted by molar-refractivity contribution is 0.0325. The molecule has 1 N–H and O–H groups in total. The number of aliphatic hydroxyl groups is 1. The van der Waals surface area contributed by atoms with E-state index in [1.54, 1.807) is 47.8 Å². The van der Waals surface area contributed by atoms with Gasteiger partial charge in [-0.15, -0.1) is 0 Å². The summed E-state index contributed by atoms with van der Waals surface area (Å²) in [6.45, 7) is 5.40. The van der Waals surface area contributed by atoms with Crippen LogP contribution in [-0.4, -0.2) is 74.7 Å². The predicted molar refractivity (Wildman–Crippen MR) is 134 cm³/mol. The Labute approximate surface area is 211 Å². The molecule has 3 aromatic rings. The minimum Gasteiger partial charge on any atom is -0.472 e. The second-order valence-electron chi connectivity index (χ2n) is 9.34. The van der Waals surface area contributed by atoms with Crippen molar-refractivity contribution < 1.29 is 14.6 Å². The maximum Gasteiger partial charge on any atom is 0.259 e. The van der Waals surface area contributed by atoms with Crippen LogP contribution in [0.4, 0.5) is 0 Å². The number of benzene rings is 1. The van der Waals surface area contributed by atoms with E-state index in [9.17, 15) is 15.2 Å². The van der Waals surface area contributed by atoms with E-state index < -0.39 is 0 Å². The van der Waals surface area contributed by atoms with Crippen molar-refractivity contribution in [3.8, 4) is 23.1 Å². The Morgan fingerprint density at radius 1 is 1.25 bits per heavy atom. The number of fused-ring (bicyclic) bond motifs is 1. The zero-order valence-electron chi connectivity index (χ0n) is 20.7. The second-order valence-corrected chi connectivity index (χ2v) is 9.34. The molecule has 0 spiro atoms. The van der Waals surface area contributed by atoms with Crippen LogP contribution in [0.15, 0.2) is 55.2 Å². The summed E-state index contributed by atoms with van der Waals surface area (Å²) >= 11 is 0. The van der Waals surface area contributed by atoms with Gasteiger partial charge in [0.2, 0.25) is 5.88 Å². The Hall–Kier alpha value is -3.87. The second kappa shape index (κ2) is 11.2. The van der Waals surface area contributed by atoms with E-state index in [1.165, 1.54) is 6.33 Å². The number of aliphatic hydroxyl groups excluding tert-OH is 1. The van der Waals surface area contributed by atoms with E-state index in [1.807, 2.05) is 27.0 Å². The molecule has 1 amide bonds. The molecule has 9 nitrogen and oxygen atoms in total. The first-order valence-corrected chi connectivity index (χ1v) is 11.9. The van der Waals surface area contributed by atoms with Crippen LogP contribution in [0.1, 0.15) is 35.3 Å². The van der Waals surface area contributed by atoms with Crippen molar-refractivity contribution in [1.82, 2.24) is 24.8 Å². The molecule has 4 rings (SSSR count). The van der Waals surface area contributed by atoms with Crippen molar-refractivity contribution in [2.24, 2.45) is 5.92 Å². The number of ether oxygens (including phenoxy) is 1. The lowest BCUT2D eigenvalue weighted by Gasteiger charge is -2.37. The van der Waals surface area contributed by atoms with Crippen molar-refractivity contribution >= 4 is 5.91 Å². The fourth-order valence-corrected chi connectivity index (χ4v) is 4.34. The number of amides is 1. The molecular formula is C27H30N6O3. The lowest BCUT2D eigenvalue weighted by Crippen LogP contribution is -2.49. The normalized spacial score (nSPS) is 18.6. The zero-order chi connectivity index (χ0) is 25.7. The van der Waals surface area contributed by atoms with Gasteiger partial charge in [-0.25, -0.2) is 15.0 Å². The highest BCUT2D eigenvalue weighted by Crippen LogP contribution is 2.30. The van der Waals surface area contributed by atoms with Gasteiger partial charge in [0, 0.05) is 55.3 Å². The zero-order valence-corrected chi connectivity index (χ0v) is 20.7. The minimum atomic E-state index is -0.365. The van der Waals surface area contributed by atoms with Gasteiger partial charge in [0.25, 0.3) is 5.91 Å². The number of carbonyl (C=O) groups excluding carboxylic acids is 1. The molecule has 186 valence electrons. The third kappa shape index (κ3) is 5.67. The Bertz CT molecular complexity index is 1250. The number of carbonyl (C=O) groups is 1. The highest BCUT2D eigenvalue weighted by atomic mass is 16.5. The van der Waals surface area contributed by atoms with Crippen LogP contribution in [0, 0.1) is 17.2 Å². The molecule has 0 unspecified atom stereocenters. The van der Waals surface area contributed by atoms with Gasteiger partial charge in [-0.3, -0.25) is 9.69 Å². The number of hydrogen-bond donors (Lipinski definition) is 1. The average molecular weight is 487 g/mol. The largest absolute Gasteiger partial charge is 0.472 e. The van der Waals surface area contributed by atoms with Crippen molar-refractivity contribution in [2.45, 2.75) is 32.5 Å². The van der Waals surface area contributed by atoms with E-state index in [-0.39, 0.29) is 36.5 Å². The standard InChI is InChI=1S/C27H30N6O3/c1-18-13-33(19(2)16-34)27(35)24-8-23(22-6-4-5-20(7-22)9-28)12-31-26(24)36-25(18)15-32(3)14-21-10-29-17-30-11-21/h4-8,10-12,17-19,25,34H,13-16H2,1-3H3/t18-,19+,25+/m0/s1. The first-order valence-electron chi connectivity index (χ1n) is 11.9. The van der Waals surface area contributed by atoms with Gasteiger partial charge in [-0.2, -0.15) is 5.26 Å². The van der Waals surface area contributed by atoms with Crippen LogP contribution >= 0.6 is 0 Å². The summed E-state index contributed by atoms with van der Waals surface area (Å²) in [7, 11) is 2.00. The van der Waals surface area contributed by atoms with Crippen molar-refractivity contribution in [1.29, 1.82) is 5.26 Å². The highest BCUT2D eigenvalue weighted by Gasteiger charge is 2.34. The average Bonchev–Trinajstić information content (AvgIpc) is 2.90. The summed E-state index contributed by atoms with van der Waals surface area (Å²) in [4.78, 5) is 30.2. The molecule has 1 aliphatic rings. The summed E-state index contributed by atoms with van der Waals surface area (Å²) in [5.74, 6) is 0.0140. The molecule has 2 aromatic heterocycles. The molecule has 0 bridgehead atoms. The highest BCUT2D eigenvalue weighted by molar-refractivity contribution is 5.98. The first-order chi connectivity index (χ1) is 17.4. The third-order valence-electron chi connectivity index (χ3n) is 6.40. The lowest BCUT2D eigenvalue weighted by atomic mass is 9.98. The summed E-state index contributed by atoms with van der Waals surface area (Å²) in [6, 6.07) is 10.7. The van der Waals surface area contributed by atoms with Crippen LogP contribution in [0.25, 0.3) is 11.1 Å². The molecule has 1 aliphatic heterocycles. The van der Waals surface area contributed by atoms with Gasteiger partial charge in [0.15, 0.2) is 0 Å². The van der Waals surface area contributed by atoms with Crippen LogP contribution in [0.2, 0.25) is 0 Å². The quantitative estimate of drug-likeness (QED) is 0.542. The Balaban J connectivity index is 1.67. The molecule has 3 heterocycles. The van der Waals surface area contributed by atoms with Gasteiger partial charge >= 0.3 is 0 Å². The number of aromatic nitrogens is 3. The number of nitriles is 1. The summed E-state index contributed by atoms with van der Waals surface area (Å²) in [5, 5.41) is 19.1. The molecule has 36 heavy (non-hydrogen) atoms. The predicted octanol–water partition coefficient (Wildman–Crippen LogP) is 2.76. The smallest absolute Gasteiger partial charge is 0.259 e. The van der Waals surface area contributed by atoms with Crippen LogP contribution < -0.4 is 4.74 Å². The van der Waals surface area contributed by atoms with E-state index in [4.69, 9.17) is 4.74 Å². The van der Waals surface area contributed by atoms with E-state index >= 15 is 0 Å². The van der Waals surface area contributed by atoms with E-state index in [2.05, 4.69) is 25.9 Å². The molecule has 1 aromatic carbocycles. The fourth-order valence-electron chi connectivity index (χ4n) is 4.34. The Morgan fingerprint density at radius 2 is 2.03 bits per heavy atom. The van der Waals surface area contributed by atoms with Crippen LogP contribution in [0.5, 0.6) is 5.88 Å². The Morgan fingerprint density at radius 3 is 2.75 bits per heavy atom. The minimum absolute atomic E-state index is 0.0145. The maximum atomic E-state index is 13.6. The molecule has 0 radical (unpaired) electrons. The van der Waals surface area contributed by atoms with Gasteiger partial charge < -0.3 is 14.7 Å². The molecule has 0 saturated heterocycles. The summed E-state index contributed by atoms with van der Waals surface area (Å²) in [5.41, 5.74) is 3.36. The van der Waals surface area contributed by atoms with Gasteiger partial charge in [0.05, 0.1) is 24.3 Å². The number of nitrogens with zero attached hydrogens (tertiary/aromatic N) is 6.